The molecule has 2 aromatic rings. The summed E-state index contributed by atoms with van der Waals surface area (Å²) < 4.78 is 1.96. The fourth-order valence-electron chi connectivity index (χ4n) is 2.24. The summed E-state index contributed by atoms with van der Waals surface area (Å²) in [6.07, 6.45) is 5.88. The highest BCUT2D eigenvalue weighted by molar-refractivity contribution is 9.11. The summed E-state index contributed by atoms with van der Waals surface area (Å²) in [6, 6.07) is 6.66. The van der Waals surface area contributed by atoms with E-state index in [0.29, 0.717) is 29.0 Å². The normalized spacial score (nSPS) is 12.1. The Hall–Kier alpha value is -1.22. The molecule has 0 heterocycles. The maximum atomic E-state index is 12.6. The van der Waals surface area contributed by atoms with Crippen molar-refractivity contribution in [2.24, 2.45) is 5.41 Å². The number of phenols is 2. The Kier molecular flexibility index (Phi) is 8.07. The number of carbonyl (C=O) groups is 2. The third kappa shape index (κ3) is 5.90. The number of aromatic hydroxyl groups is 2. The van der Waals surface area contributed by atoms with E-state index in [4.69, 9.17) is 0 Å². The van der Waals surface area contributed by atoms with Crippen LogP contribution in [0.3, 0.4) is 0 Å². The van der Waals surface area contributed by atoms with E-state index in [1.807, 2.05) is 0 Å². The van der Waals surface area contributed by atoms with Gasteiger partial charge < -0.3 is 10.2 Å². The molecule has 2 N–H and O–H groups in total. The predicted molar refractivity (Wildman–Crippen MR) is 129 cm³/mol. The molecule has 8 heteroatoms. The van der Waals surface area contributed by atoms with E-state index >= 15 is 0 Å². The molecule has 0 aromatic heterocycles. The number of hydrogen-bond donors (Lipinski definition) is 2. The predicted octanol–water partition coefficient (Wildman–Crippen LogP) is 7.04. The van der Waals surface area contributed by atoms with Crippen LogP contribution in [-0.4, -0.2) is 21.8 Å². The highest BCUT2D eigenvalue weighted by Crippen LogP contribution is 2.35. The number of ketones is 2. The van der Waals surface area contributed by atoms with Crippen molar-refractivity contribution in [3.63, 3.8) is 0 Å². The zero-order valence-electron chi connectivity index (χ0n) is 15.3. The largest absolute Gasteiger partial charge is 0.506 e. The molecule has 2 aromatic carbocycles. The van der Waals surface area contributed by atoms with Crippen LogP contribution >= 0.6 is 63.7 Å². The van der Waals surface area contributed by atoms with Crippen LogP contribution in [-0.2, 0) is 9.59 Å². The third-order valence-electron chi connectivity index (χ3n) is 4.16. The number of halogens is 4. The summed E-state index contributed by atoms with van der Waals surface area (Å²) in [6.45, 7) is 3.13. The average Bonchev–Trinajstić information content (AvgIpc) is 2.65. The number of benzene rings is 2. The van der Waals surface area contributed by atoms with Crippen LogP contribution in [0.5, 0.6) is 11.5 Å². The summed E-state index contributed by atoms with van der Waals surface area (Å²) in [4.78, 5) is 25.2. The second kappa shape index (κ2) is 9.73. The number of rotatable bonds is 6. The van der Waals surface area contributed by atoms with Crippen molar-refractivity contribution in [1.29, 1.82) is 0 Å². The van der Waals surface area contributed by atoms with Gasteiger partial charge in [-0.15, -0.1) is 0 Å². The monoisotopic (exact) mass is 648 g/mol. The molecular formula is C21H16Br4O4. The highest BCUT2D eigenvalue weighted by atomic mass is 79.9. The quantitative estimate of drug-likeness (QED) is 0.260. The second-order valence-electron chi connectivity index (χ2n) is 6.69. The van der Waals surface area contributed by atoms with Gasteiger partial charge in [0, 0.05) is 0 Å². The fourth-order valence-corrected chi connectivity index (χ4v) is 4.69. The first kappa shape index (κ1) is 24.1. The van der Waals surface area contributed by atoms with Crippen molar-refractivity contribution >= 4 is 87.4 Å². The SMILES string of the molecule is CC(C)(C(=O)/C=C/c1cc(Br)c(O)c(Br)c1)C(=O)/C=C/c1cc(Br)c(O)c(Br)c1. The molecule has 0 saturated carbocycles. The zero-order chi connectivity index (χ0) is 21.9. The van der Waals surface area contributed by atoms with E-state index in [9.17, 15) is 19.8 Å². The lowest BCUT2D eigenvalue weighted by Crippen LogP contribution is -2.30. The van der Waals surface area contributed by atoms with Gasteiger partial charge in [0.25, 0.3) is 0 Å². The molecule has 0 saturated heterocycles. The number of hydrogen-bond acceptors (Lipinski definition) is 4. The van der Waals surface area contributed by atoms with E-state index in [1.165, 1.54) is 12.2 Å². The molecule has 2 rings (SSSR count). The van der Waals surface area contributed by atoms with Gasteiger partial charge in [0.05, 0.1) is 23.3 Å². The summed E-state index contributed by atoms with van der Waals surface area (Å²) in [5.41, 5.74) is 0.129. The van der Waals surface area contributed by atoms with Crippen molar-refractivity contribution < 1.29 is 19.8 Å². The Bertz CT molecular complexity index is 911. The fraction of sp³-hybridized carbons (Fsp3) is 0.143. The molecule has 0 atom stereocenters. The maximum Gasteiger partial charge on any atom is 0.169 e. The minimum absolute atomic E-state index is 0.0709. The van der Waals surface area contributed by atoms with Gasteiger partial charge in [-0.3, -0.25) is 9.59 Å². The first-order valence-corrected chi connectivity index (χ1v) is 11.4. The summed E-state index contributed by atoms with van der Waals surface area (Å²) in [5.74, 6) is -0.552. The van der Waals surface area contributed by atoms with Crippen LogP contribution in [0.25, 0.3) is 12.2 Å². The van der Waals surface area contributed by atoms with E-state index in [2.05, 4.69) is 63.7 Å². The summed E-state index contributed by atoms with van der Waals surface area (Å²) in [5, 5.41) is 19.5. The molecule has 0 radical (unpaired) electrons. The minimum atomic E-state index is -1.25. The van der Waals surface area contributed by atoms with Gasteiger partial charge in [0.2, 0.25) is 0 Å². The van der Waals surface area contributed by atoms with Crippen LogP contribution in [0.4, 0.5) is 0 Å². The molecule has 0 amide bonds. The van der Waals surface area contributed by atoms with Crippen LogP contribution in [0, 0.1) is 5.41 Å². The van der Waals surface area contributed by atoms with E-state index in [1.54, 1.807) is 50.3 Å². The highest BCUT2D eigenvalue weighted by Gasteiger charge is 2.32. The van der Waals surface area contributed by atoms with Crippen molar-refractivity contribution in [2.75, 3.05) is 0 Å². The first-order valence-electron chi connectivity index (χ1n) is 8.24. The van der Waals surface area contributed by atoms with Gasteiger partial charge >= 0.3 is 0 Å². The second-order valence-corrected chi connectivity index (χ2v) is 10.1. The molecule has 0 aliphatic heterocycles. The molecule has 0 bridgehead atoms. The van der Waals surface area contributed by atoms with Gasteiger partial charge in [-0.05, 0) is 125 Å². The molecule has 4 nitrogen and oxygen atoms in total. The van der Waals surface area contributed by atoms with E-state index in [0.717, 1.165) is 0 Å². The van der Waals surface area contributed by atoms with Crippen LogP contribution in [0.2, 0.25) is 0 Å². The smallest absolute Gasteiger partial charge is 0.169 e. The molecule has 0 aliphatic rings. The maximum absolute atomic E-state index is 12.6. The van der Waals surface area contributed by atoms with Crippen molar-refractivity contribution in [1.82, 2.24) is 0 Å². The van der Waals surface area contributed by atoms with Crippen LogP contribution in [0.15, 0.2) is 54.3 Å². The Balaban J connectivity index is 2.18. The molecule has 0 spiro atoms. The Morgan fingerprint density at radius 3 is 1.28 bits per heavy atom. The van der Waals surface area contributed by atoms with Crippen molar-refractivity contribution in [2.45, 2.75) is 13.8 Å². The Labute approximate surface area is 202 Å². The molecule has 152 valence electrons. The van der Waals surface area contributed by atoms with Gasteiger partial charge in [-0.1, -0.05) is 12.2 Å². The molecular weight excluding hydrogens is 636 g/mol. The van der Waals surface area contributed by atoms with Gasteiger partial charge in [-0.25, -0.2) is 0 Å². The molecule has 0 unspecified atom stereocenters. The van der Waals surface area contributed by atoms with E-state index in [-0.39, 0.29) is 23.1 Å². The van der Waals surface area contributed by atoms with Gasteiger partial charge in [0.15, 0.2) is 11.6 Å². The van der Waals surface area contributed by atoms with Crippen molar-refractivity contribution in [3.8, 4) is 11.5 Å². The third-order valence-corrected chi connectivity index (χ3v) is 6.58. The number of phenolic OH excluding ortho intramolecular Hbond substituents is 2. The average molecular weight is 652 g/mol. The topological polar surface area (TPSA) is 74.6 Å². The van der Waals surface area contributed by atoms with E-state index < -0.39 is 5.41 Å². The lowest BCUT2D eigenvalue weighted by atomic mass is 9.82. The number of carbonyl (C=O) groups excluding carboxylic acids is 2. The number of allylic oxidation sites excluding steroid dienone is 2. The molecule has 0 fully saturated rings. The van der Waals surface area contributed by atoms with Gasteiger partial charge in [-0.2, -0.15) is 0 Å². The zero-order valence-corrected chi connectivity index (χ0v) is 21.7. The minimum Gasteiger partial charge on any atom is -0.506 e. The first-order chi connectivity index (χ1) is 13.4. The van der Waals surface area contributed by atoms with Crippen molar-refractivity contribution in [3.05, 3.63) is 65.4 Å². The Morgan fingerprint density at radius 2 is 1.00 bits per heavy atom. The van der Waals surface area contributed by atoms with Crippen LogP contribution < -0.4 is 0 Å². The van der Waals surface area contributed by atoms with Gasteiger partial charge in [0.1, 0.15) is 11.5 Å². The lowest BCUT2D eigenvalue weighted by molar-refractivity contribution is -0.132. The molecule has 29 heavy (non-hydrogen) atoms. The molecule has 0 aliphatic carbocycles. The standard InChI is InChI=1S/C21H16Br4O4/c1-21(2,17(26)5-3-11-7-13(22)19(28)14(23)8-11)18(27)6-4-12-9-15(24)20(29)16(25)10-12/h3-10,28-29H,1-2H3/b5-3+,6-4+. The van der Waals surface area contributed by atoms with Crippen LogP contribution in [0.1, 0.15) is 25.0 Å². The lowest BCUT2D eigenvalue weighted by Gasteiger charge is -2.17. The summed E-state index contributed by atoms with van der Waals surface area (Å²) >= 11 is 13.0. The summed E-state index contributed by atoms with van der Waals surface area (Å²) in [7, 11) is 0. The Morgan fingerprint density at radius 1 is 0.724 bits per heavy atom.